The number of amides is 1. The number of carbonyl (C=O) groups excluding carboxylic acids is 1. The summed E-state index contributed by atoms with van der Waals surface area (Å²) in [6.45, 7) is 4.11. The Morgan fingerprint density at radius 2 is 2.08 bits per heavy atom. The fourth-order valence-corrected chi connectivity index (χ4v) is 6.28. The zero-order valence-electron chi connectivity index (χ0n) is 20.5. The second kappa shape index (κ2) is 9.14. The van der Waals surface area contributed by atoms with Gasteiger partial charge < -0.3 is 19.5 Å². The first-order valence-electron chi connectivity index (χ1n) is 12.4. The Kier molecular flexibility index (Phi) is 6.26. The Morgan fingerprint density at radius 3 is 2.83 bits per heavy atom. The summed E-state index contributed by atoms with van der Waals surface area (Å²) in [5.74, 6) is -0.666. The number of rotatable bonds is 6. The molecule has 1 amide bonds. The largest absolute Gasteiger partial charge is 0.487 e. The molecule has 4 heterocycles. The van der Waals surface area contributed by atoms with E-state index in [-0.39, 0.29) is 36.6 Å². The number of hydrogen-bond donors (Lipinski definition) is 1. The number of carbonyl (C=O) groups is 2. The summed E-state index contributed by atoms with van der Waals surface area (Å²) >= 11 is 0. The number of nitrogens with zero attached hydrogens (tertiary/aromatic N) is 3. The molecule has 8 nitrogen and oxygen atoms in total. The molecule has 1 spiro atoms. The summed E-state index contributed by atoms with van der Waals surface area (Å²) in [4.78, 5) is 26.7. The van der Waals surface area contributed by atoms with Crippen LogP contribution in [0.15, 0.2) is 30.3 Å². The van der Waals surface area contributed by atoms with Gasteiger partial charge in [0.25, 0.3) is 6.43 Å². The van der Waals surface area contributed by atoms with E-state index in [1.165, 1.54) is 6.07 Å². The number of alkyl halides is 2. The number of benzene rings is 1. The molecule has 194 valence electrons. The molecule has 4 atom stereocenters. The Bertz CT molecular complexity index is 1170. The number of para-hydroxylation sites is 1. The lowest BCUT2D eigenvalue weighted by Gasteiger charge is -2.54. The van der Waals surface area contributed by atoms with Gasteiger partial charge in [0, 0.05) is 24.4 Å². The van der Waals surface area contributed by atoms with Crippen LogP contribution in [-0.4, -0.2) is 56.0 Å². The van der Waals surface area contributed by atoms with E-state index >= 15 is 0 Å². The molecule has 2 fully saturated rings. The molecule has 0 radical (unpaired) electrons. The Balaban J connectivity index is 1.43. The first-order chi connectivity index (χ1) is 17.1. The number of ether oxygens (including phenoxy) is 2. The standard InChI is InChI=1S/C26H31F2N3O5/c1-16-12-19(24(27)28)31(29-16)14-21(32)30-11-5-9-26(30)13-18-23(35-15-26)17-6-3-4-7-20(17)36-25(18,2)10-8-22(33)34/h3-4,6-7,12,18,23-24H,5,8-11,13-15H2,1-2H3,(H,33,34)/t18-,23+,25+,26+/m1/s1. The van der Waals surface area contributed by atoms with E-state index < -0.39 is 23.5 Å². The number of aliphatic carboxylic acids is 1. The van der Waals surface area contributed by atoms with Crippen LogP contribution in [0.25, 0.3) is 0 Å². The van der Waals surface area contributed by atoms with Crippen molar-refractivity contribution in [1.29, 1.82) is 0 Å². The highest BCUT2D eigenvalue weighted by Crippen LogP contribution is 2.55. The SMILES string of the molecule is Cc1cc(C(F)F)n(CC(=O)N2CCC[C@]23CO[C@H]2c4ccccc4O[C@@](C)(CCC(=O)O)[C@@H]2C3)n1. The first-order valence-corrected chi connectivity index (χ1v) is 12.4. The maximum Gasteiger partial charge on any atom is 0.303 e. The lowest BCUT2D eigenvalue weighted by Crippen LogP contribution is -2.60. The predicted octanol–water partition coefficient (Wildman–Crippen LogP) is 4.28. The average molecular weight is 504 g/mol. The summed E-state index contributed by atoms with van der Waals surface area (Å²) < 4.78 is 41.0. The number of aromatic nitrogens is 2. The van der Waals surface area contributed by atoms with Gasteiger partial charge in [0.2, 0.25) is 5.91 Å². The van der Waals surface area contributed by atoms with Gasteiger partial charge in [-0.1, -0.05) is 18.2 Å². The smallest absolute Gasteiger partial charge is 0.303 e. The monoisotopic (exact) mass is 503 g/mol. The van der Waals surface area contributed by atoms with Crippen LogP contribution in [0, 0.1) is 12.8 Å². The highest BCUT2D eigenvalue weighted by molar-refractivity contribution is 5.77. The molecule has 1 N–H and O–H groups in total. The molecule has 3 aliphatic rings. The molecule has 10 heteroatoms. The van der Waals surface area contributed by atoms with Crippen molar-refractivity contribution in [2.75, 3.05) is 13.2 Å². The van der Waals surface area contributed by atoms with E-state index in [1.54, 1.807) is 11.8 Å². The molecule has 0 aliphatic carbocycles. The minimum atomic E-state index is -2.72. The summed E-state index contributed by atoms with van der Waals surface area (Å²) in [6, 6.07) is 8.94. The van der Waals surface area contributed by atoms with Crippen LogP contribution in [0.3, 0.4) is 0 Å². The summed E-state index contributed by atoms with van der Waals surface area (Å²) in [5.41, 5.74) is -0.317. The van der Waals surface area contributed by atoms with E-state index in [0.717, 1.165) is 23.1 Å². The van der Waals surface area contributed by atoms with E-state index in [2.05, 4.69) is 5.10 Å². The maximum absolute atomic E-state index is 13.5. The number of hydrogen-bond acceptors (Lipinski definition) is 5. The molecular formula is C26H31F2N3O5. The highest BCUT2D eigenvalue weighted by atomic mass is 19.3. The lowest BCUT2D eigenvalue weighted by molar-refractivity contribution is -0.180. The Labute approximate surface area is 208 Å². The van der Waals surface area contributed by atoms with Crippen LogP contribution >= 0.6 is 0 Å². The van der Waals surface area contributed by atoms with Crippen molar-refractivity contribution in [3.05, 3.63) is 47.3 Å². The lowest BCUT2D eigenvalue weighted by atomic mass is 9.68. The molecule has 1 aromatic heterocycles. The van der Waals surface area contributed by atoms with E-state index in [9.17, 15) is 23.5 Å². The molecule has 3 aliphatic heterocycles. The van der Waals surface area contributed by atoms with Crippen molar-refractivity contribution >= 4 is 11.9 Å². The van der Waals surface area contributed by atoms with Crippen LogP contribution in [-0.2, 0) is 20.9 Å². The normalized spacial score (nSPS) is 29.2. The second-order valence-electron chi connectivity index (χ2n) is 10.4. The highest BCUT2D eigenvalue weighted by Gasteiger charge is 2.57. The predicted molar refractivity (Wildman–Crippen MR) is 125 cm³/mol. The third kappa shape index (κ3) is 4.25. The molecule has 2 aromatic rings. The molecular weight excluding hydrogens is 472 g/mol. The van der Waals surface area contributed by atoms with E-state index in [0.29, 0.717) is 37.4 Å². The number of likely N-dealkylation sites (tertiary alicyclic amines) is 1. The number of fused-ring (bicyclic) bond motifs is 3. The molecule has 0 unspecified atom stereocenters. The van der Waals surface area contributed by atoms with Crippen molar-refractivity contribution in [3.63, 3.8) is 0 Å². The van der Waals surface area contributed by atoms with Gasteiger partial charge >= 0.3 is 5.97 Å². The third-order valence-electron chi connectivity index (χ3n) is 8.02. The quantitative estimate of drug-likeness (QED) is 0.632. The van der Waals surface area contributed by atoms with Gasteiger partial charge in [0.05, 0.1) is 23.9 Å². The Morgan fingerprint density at radius 1 is 1.31 bits per heavy atom. The van der Waals surface area contributed by atoms with Gasteiger partial charge in [-0.3, -0.25) is 14.3 Å². The average Bonchev–Trinajstić information content (AvgIpc) is 3.41. The summed E-state index contributed by atoms with van der Waals surface area (Å²) in [5, 5.41) is 13.5. The third-order valence-corrected chi connectivity index (χ3v) is 8.02. The van der Waals surface area contributed by atoms with Gasteiger partial charge in [-0.2, -0.15) is 5.10 Å². The zero-order chi connectivity index (χ0) is 25.7. The number of halogens is 2. The van der Waals surface area contributed by atoms with Crippen LogP contribution < -0.4 is 4.74 Å². The molecule has 0 bridgehead atoms. The molecule has 1 aromatic carbocycles. The topological polar surface area (TPSA) is 93.9 Å². The van der Waals surface area contributed by atoms with Crippen molar-refractivity contribution in [2.45, 2.75) is 76.2 Å². The van der Waals surface area contributed by atoms with Gasteiger partial charge in [-0.25, -0.2) is 8.78 Å². The molecule has 5 rings (SSSR count). The van der Waals surface area contributed by atoms with Gasteiger partial charge in [-0.05, 0) is 51.7 Å². The fraction of sp³-hybridized carbons (Fsp3) is 0.577. The van der Waals surface area contributed by atoms with Gasteiger partial charge in [0.15, 0.2) is 0 Å². The summed E-state index contributed by atoms with van der Waals surface area (Å²) in [7, 11) is 0. The first kappa shape index (κ1) is 24.7. The minimum absolute atomic E-state index is 0.0490. The van der Waals surface area contributed by atoms with Gasteiger partial charge in [0.1, 0.15) is 23.6 Å². The number of aryl methyl sites for hydroxylation is 1. The van der Waals surface area contributed by atoms with Crippen LogP contribution in [0.4, 0.5) is 8.78 Å². The van der Waals surface area contributed by atoms with Crippen molar-refractivity contribution in [1.82, 2.24) is 14.7 Å². The van der Waals surface area contributed by atoms with E-state index in [1.807, 2.05) is 31.2 Å². The molecule has 0 saturated carbocycles. The van der Waals surface area contributed by atoms with Crippen molar-refractivity contribution < 1.29 is 33.0 Å². The van der Waals surface area contributed by atoms with E-state index in [4.69, 9.17) is 9.47 Å². The number of carboxylic acids is 1. The minimum Gasteiger partial charge on any atom is -0.487 e. The van der Waals surface area contributed by atoms with Crippen molar-refractivity contribution in [3.8, 4) is 5.75 Å². The van der Waals surface area contributed by atoms with Crippen LogP contribution in [0.5, 0.6) is 5.75 Å². The number of carboxylic acid groups (broad SMARTS) is 1. The van der Waals surface area contributed by atoms with Crippen LogP contribution in [0.2, 0.25) is 0 Å². The molecule has 36 heavy (non-hydrogen) atoms. The zero-order valence-corrected chi connectivity index (χ0v) is 20.5. The van der Waals surface area contributed by atoms with Gasteiger partial charge in [-0.15, -0.1) is 0 Å². The molecule has 2 saturated heterocycles. The maximum atomic E-state index is 13.5. The fourth-order valence-electron chi connectivity index (χ4n) is 6.28. The second-order valence-corrected chi connectivity index (χ2v) is 10.4. The summed E-state index contributed by atoms with van der Waals surface area (Å²) in [6.07, 6.45) is -0.681. The van der Waals surface area contributed by atoms with Crippen LogP contribution in [0.1, 0.15) is 68.5 Å². The Hall–Kier alpha value is -3.01. The van der Waals surface area contributed by atoms with Crippen molar-refractivity contribution in [2.24, 2.45) is 5.92 Å².